The molecule has 1 heterocycles. The molecule has 264 valence electrons. The van der Waals surface area contributed by atoms with Crippen LogP contribution in [0.1, 0.15) is 56.5 Å². The first-order chi connectivity index (χ1) is 23.0. The van der Waals surface area contributed by atoms with Crippen molar-refractivity contribution < 1.29 is 40.2 Å². The lowest BCUT2D eigenvalue weighted by Crippen LogP contribution is -2.99. The lowest BCUT2D eigenvalue weighted by molar-refractivity contribution is -0.628. The zero-order valence-electron chi connectivity index (χ0n) is 28.8. The fraction of sp³-hybridized carbons (Fsp3) is 0.622. The number of hydrogen-bond acceptors (Lipinski definition) is 9. The molecule has 4 aliphatic rings. The summed E-state index contributed by atoms with van der Waals surface area (Å²) in [4.78, 5) is 35.1. The largest absolute Gasteiger partial charge is 0.395 e. The molecule has 0 aromatic heterocycles. The average Bonchev–Trinajstić information content (AvgIpc) is 3.44. The minimum atomic E-state index is -0.849. The minimum Gasteiger partial charge on any atom is -0.395 e. The quantitative estimate of drug-likeness (QED) is 0.163. The van der Waals surface area contributed by atoms with Gasteiger partial charge in [-0.25, -0.2) is 4.79 Å². The minimum absolute atomic E-state index is 0.0172. The highest BCUT2D eigenvalue weighted by Crippen LogP contribution is 2.60. The Morgan fingerprint density at radius 3 is 2.35 bits per heavy atom. The van der Waals surface area contributed by atoms with Crippen molar-refractivity contribution in [3.63, 3.8) is 0 Å². The van der Waals surface area contributed by atoms with Gasteiger partial charge in [-0.15, -0.1) is 0 Å². The van der Waals surface area contributed by atoms with Gasteiger partial charge in [-0.3, -0.25) is 19.8 Å². The molecule has 2 bridgehead atoms. The molecule has 11 heteroatoms. The van der Waals surface area contributed by atoms with E-state index >= 15 is 0 Å². The van der Waals surface area contributed by atoms with Crippen LogP contribution in [0.5, 0.6) is 0 Å². The Balaban J connectivity index is 1.28. The number of aliphatic hydroxyl groups is 4. The van der Waals surface area contributed by atoms with Crippen molar-refractivity contribution >= 4 is 11.8 Å². The van der Waals surface area contributed by atoms with Crippen molar-refractivity contribution in [2.75, 3.05) is 46.0 Å². The first-order valence-electron chi connectivity index (χ1n) is 17.5. The van der Waals surface area contributed by atoms with Crippen LogP contribution >= 0.6 is 0 Å². The highest BCUT2D eigenvalue weighted by Gasteiger charge is 2.59. The molecule has 0 spiro atoms. The van der Waals surface area contributed by atoms with Gasteiger partial charge in [-0.1, -0.05) is 51.1 Å². The van der Waals surface area contributed by atoms with Crippen LogP contribution in [0.4, 0.5) is 0 Å². The number of primary amides is 1. The van der Waals surface area contributed by atoms with Gasteiger partial charge in [0.2, 0.25) is 0 Å². The van der Waals surface area contributed by atoms with Crippen LogP contribution in [0.3, 0.4) is 0 Å². The summed E-state index contributed by atoms with van der Waals surface area (Å²) in [5.74, 6) is 0.791. The highest BCUT2D eigenvalue weighted by molar-refractivity contribution is 5.95. The molecule has 3 saturated carbocycles. The van der Waals surface area contributed by atoms with Gasteiger partial charge in [-0.05, 0) is 65.5 Å². The Bertz CT molecular complexity index is 1400. The van der Waals surface area contributed by atoms with E-state index in [2.05, 4.69) is 26.1 Å². The number of hydrogen-bond donors (Lipinski definition) is 6. The van der Waals surface area contributed by atoms with Crippen LogP contribution in [0, 0.1) is 29.1 Å². The second kappa shape index (κ2) is 15.9. The molecule has 2 amide bonds. The molecule has 7 N–H and O–H groups in total. The second-order valence-corrected chi connectivity index (χ2v) is 14.7. The molecule has 2 aromatic carbocycles. The molecule has 1 saturated heterocycles. The van der Waals surface area contributed by atoms with Gasteiger partial charge >= 0.3 is 5.91 Å². The van der Waals surface area contributed by atoms with Crippen molar-refractivity contribution in [1.29, 1.82) is 0 Å². The van der Waals surface area contributed by atoms with E-state index in [1.807, 2.05) is 52.7 Å². The molecule has 1 unspecified atom stereocenters. The second-order valence-electron chi connectivity index (χ2n) is 14.7. The number of aliphatic hydroxyl groups excluding tert-OH is 4. The fourth-order valence-electron chi connectivity index (χ4n) is 8.54. The summed E-state index contributed by atoms with van der Waals surface area (Å²) >= 11 is 0. The fourth-order valence-corrected chi connectivity index (χ4v) is 8.54. The van der Waals surface area contributed by atoms with Gasteiger partial charge in [0.1, 0.15) is 6.10 Å². The normalized spacial score (nSPS) is 28.6. The zero-order chi connectivity index (χ0) is 34.6. The van der Waals surface area contributed by atoms with E-state index in [0.29, 0.717) is 54.9 Å². The zero-order valence-corrected chi connectivity index (χ0v) is 28.8. The Kier molecular flexibility index (Phi) is 12.1. The molecule has 1 aliphatic heterocycles. The van der Waals surface area contributed by atoms with E-state index < -0.39 is 24.2 Å². The molecular weight excluding hydrogens is 612 g/mol. The van der Waals surface area contributed by atoms with E-state index in [-0.39, 0.29) is 44.2 Å². The van der Waals surface area contributed by atoms with Crippen LogP contribution in [0.2, 0.25) is 0 Å². The number of benzene rings is 2. The topological polar surface area (TPSA) is 159 Å². The van der Waals surface area contributed by atoms with E-state index in [0.717, 1.165) is 23.1 Å². The Labute approximate surface area is 284 Å². The van der Waals surface area contributed by atoms with Crippen LogP contribution in [-0.4, -0.2) is 112 Å². The molecule has 8 atom stereocenters. The SMILES string of the molecule is C[C@H](O)[C@@H]1[C@H](CO)ON(Cc2cccc(-c3cccc(C(=O)NCCN(CCO)CCO)c3)c2)[C@@H]1C(=O)[NH2+]C1C[C@H]2C[C@@H]([C@@H]1C)C2(C)C. The van der Waals surface area contributed by atoms with E-state index in [1.165, 1.54) is 6.42 Å². The molecule has 11 nitrogen and oxygen atoms in total. The lowest BCUT2D eigenvalue weighted by atomic mass is 9.45. The van der Waals surface area contributed by atoms with Crippen molar-refractivity contribution in [2.45, 2.75) is 71.4 Å². The van der Waals surface area contributed by atoms with Crippen molar-refractivity contribution in [3.05, 3.63) is 59.7 Å². The first kappa shape index (κ1) is 36.5. The molecular formula is C37H55N4O7+. The summed E-state index contributed by atoms with van der Waals surface area (Å²) in [5.41, 5.74) is 3.48. The van der Waals surface area contributed by atoms with Crippen LogP contribution in [0.25, 0.3) is 11.1 Å². The number of nitrogens with zero attached hydrogens (tertiary/aromatic N) is 2. The Hall–Kier alpha value is -2.74. The van der Waals surface area contributed by atoms with Crippen molar-refractivity contribution in [1.82, 2.24) is 15.3 Å². The summed E-state index contributed by atoms with van der Waals surface area (Å²) < 4.78 is 0. The van der Waals surface area contributed by atoms with Crippen LogP contribution in [-0.2, 0) is 16.2 Å². The number of amides is 2. The number of nitrogens with two attached hydrogens (primary N) is 1. The molecule has 0 radical (unpaired) electrons. The van der Waals surface area contributed by atoms with Gasteiger partial charge in [-0.2, -0.15) is 5.06 Å². The predicted molar refractivity (Wildman–Crippen MR) is 181 cm³/mol. The highest BCUT2D eigenvalue weighted by atomic mass is 16.7. The molecule has 2 aromatic rings. The molecule has 48 heavy (non-hydrogen) atoms. The average molecular weight is 668 g/mol. The smallest absolute Gasteiger partial charge is 0.330 e. The van der Waals surface area contributed by atoms with Gasteiger partial charge in [0.25, 0.3) is 5.91 Å². The third-order valence-electron chi connectivity index (χ3n) is 11.5. The number of rotatable bonds is 15. The number of carbonyl (C=O) groups is 2. The predicted octanol–water partition coefficient (Wildman–Crippen LogP) is 1.00. The summed E-state index contributed by atoms with van der Waals surface area (Å²) in [6, 6.07) is 14.7. The number of nitrogens with one attached hydrogen (secondary N) is 1. The van der Waals surface area contributed by atoms with Crippen LogP contribution < -0.4 is 10.6 Å². The van der Waals surface area contributed by atoms with Gasteiger partial charge in [0, 0.05) is 50.0 Å². The van der Waals surface area contributed by atoms with Gasteiger partial charge < -0.3 is 25.7 Å². The summed E-state index contributed by atoms with van der Waals surface area (Å²) in [6.45, 7) is 10.3. The summed E-state index contributed by atoms with van der Waals surface area (Å²) in [6.07, 6.45) is 0.686. The van der Waals surface area contributed by atoms with Gasteiger partial charge in [0.15, 0.2) is 6.04 Å². The lowest BCUT2D eigenvalue weighted by Gasteiger charge is -2.60. The molecule has 6 rings (SSSR count). The van der Waals surface area contributed by atoms with Crippen LogP contribution in [0.15, 0.2) is 48.5 Å². The standard InChI is InChI=1S/C37H54N4O7/c1-23-30-19-29(37(30,3)4)20-31(23)39-36(47)34-33(24(2)45)32(22-44)48-41(34)21-25-7-5-8-26(17-25)27-9-6-10-28(18-27)35(46)38-11-12-40(13-15-42)14-16-43/h5-10,17-18,23-24,29-34,42-45H,11-16,19-22H2,1-4H3,(H,38,46)(H,39,47)/p+1/t23-,24-,29+,30-,31?,32-,33+,34-/m0/s1. The molecule has 3 aliphatic carbocycles. The van der Waals surface area contributed by atoms with Crippen molar-refractivity contribution in [3.8, 4) is 11.1 Å². The van der Waals surface area contributed by atoms with Gasteiger partial charge in [0.05, 0.1) is 38.5 Å². The van der Waals surface area contributed by atoms with E-state index in [4.69, 9.17) is 4.84 Å². The summed E-state index contributed by atoms with van der Waals surface area (Å²) in [7, 11) is 0. The molecule has 4 fully saturated rings. The van der Waals surface area contributed by atoms with Crippen molar-refractivity contribution in [2.24, 2.45) is 29.1 Å². The number of fused-ring (bicyclic) bond motifs is 2. The Morgan fingerprint density at radius 2 is 1.73 bits per heavy atom. The number of hydroxylamine groups is 2. The Morgan fingerprint density at radius 1 is 1.04 bits per heavy atom. The van der Waals surface area contributed by atoms with E-state index in [1.54, 1.807) is 18.1 Å². The maximum atomic E-state index is 14.1. The number of quaternary nitrogens is 1. The third kappa shape index (κ3) is 7.84. The monoisotopic (exact) mass is 667 g/mol. The number of carbonyl (C=O) groups excluding carboxylic acids is 2. The summed E-state index contributed by atoms with van der Waals surface area (Å²) in [5, 5.41) is 45.9. The maximum absolute atomic E-state index is 14.1. The third-order valence-corrected chi connectivity index (χ3v) is 11.5. The first-order valence-corrected chi connectivity index (χ1v) is 17.5. The van der Waals surface area contributed by atoms with E-state index in [9.17, 15) is 30.0 Å². The maximum Gasteiger partial charge on any atom is 0.330 e.